The molecular formula is C14H16F2N2S. The number of rotatable bonds is 6. The van der Waals surface area contributed by atoms with Gasteiger partial charge < -0.3 is 5.32 Å². The normalized spacial score (nSPS) is 12.6. The highest BCUT2D eigenvalue weighted by molar-refractivity contribution is 7.09. The standard InChI is InChI=1S/C14H16F2N2S/c1-2-17-10(9-14-18-6-7-19-14)8-11-12(15)4-3-5-13(11)16/h3-7,10,17H,2,8-9H2,1H3. The molecule has 2 nitrogen and oxygen atoms in total. The van der Waals surface area contributed by atoms with Gasteiger partial charge in [-0.15, -0.1) is 11.3 Å². The van der Waals surface area contributed by atoms with E-state index in [1.165, 1.54) is 18.2 Å². The van der Waals surface area contributed by atoms with Crippen molar-refractivity contribution in [2.45, 2.75) is 25.8 Å². The average Bonchev–Trinajstić information content (AvgIpc) is 2.87. The third-order valence-corrected chi connectivity index (χ3v) is 3.71. The van der Waals surface area contributed by atoms with Gasteiger partial charge in [0, 0.05) is 29.6 Å². The number of thiazole rings is 1. The van der Waals surface area contributed by atoms with Gasteiger partial charge in [-0.25, -0.2) is 13.8 Å². The maximum absolute atomic E-state index is 13.6. The van der Waals surface area contributed by atoms with E-state index in [9.17, 15) is 8.78 Å². The summed E-state index contributed by atoms with van der Waals surface area (Å²) >= 11 is 1.56. The molecule has 1 aromatic heterocycles. The monoisotopic (exact) mass is 282 g/mol. The Morgan fingerprint density at radius 1 is 1.26 bits per heavy atom. The van der Waals surface area contributed by atoms with Crippen molar-refractivity contribution in [1.29, 1.82) is 0 Å². The maximum atomic E-state index is 13.6. The summed E-state index contributed by atoms with van der Waals surface area (Å²) in [5, 5.41) is 6.14. The molecule has 0 radical (unpaired) electrons. The highest BCUT2D eigenvalue weighted by Gasteiger charge is 2.16. The van der Waals surface area contributed by atoms with Crippen molar-refractivity contribution in [1.82, 2.24) is 10.3 Å². The highest BCUT2D eigenvalue weighted by Crippen LogP contribution is 2.16. The number of halogens is 2. The molecule has 0 saturated heterocycles. The van der Waals surface area contributed by atoms with E-state index in [0.717, 1.165) is 11.6 Å². The molecule has 0 aliphatic carbocycles. The first-order valence-electron chi connectivity index (χ1n) is 6.25. The van der Waals surface area contributed by atoms with Crippen LogP contribution in [0.3, 0.4) is 0 Å². The van der Waals surface area contributed by atoms with E-state index in [2.05, 4.69) is 10.3 Å². The highest BCUT2D eigenvalue weighted by atomic mass is 32.1. The van der Waals surface area contributed by atoms with Gasteiger partial charge in [0.05, 0.1) is 5.01 Å². The van der Waals surface area contributed by atoms with Crippen molar-refractivity contribution >= 4 is 11.3 Å². The second-order valence-corrected chi connectivity index (χ2v) is 5.27. The van der Waals surface area contributed by atoms with E-state index < -0.39 is 11.6 Å². The molecule has 0 spiro atoms. The van der Waals surface area contributed by atoms with Crippen LogP contribution < -0.4 is 5.32 Å². The Morgan fingerprint density at radius 2 is 2.00 bits per heavy atom. The van der Waals surface area contributed by atoms with Crippen LogP contribution in [-0.2, 0) is 12.8 Å². The van der Waals surface area contributed by atoms with Crippen molar-refractivity contribution in [3.05, 3.63) is 52.0 Å². The van der Waals surface area contributed by atoms with Crippen LogP contribution in [0.25, 0.3) is 0 Å². The number of likely N-dealkylation sites (N-methyl/N-ethyl adjacent to an activating group) is 1. The SMILES string of the molecule is CCNC(Cc1nccs1)Cc1c(F)cccc1F. The molecule has 0 bridgehead atoms. The topological polar surface area (TPSA) is 24.9 Å². The number of benzene rings is 1. The molecule has 2 rings (SSSR count). The molecular weight excluding hydrogens is 266 g/mol. The fraction of sp³-hybridized carbons (Fsp3) is 0.357. The van der Waals surface area contributed by atoms with Crippen LogP contribution in [0.4, 0.5) is 8.78 Å². The first kappa shape index (κ1) is 14.1. The number of hydrogen-bond donors (Lipinski definition) is 1. The lowest BCUT2D eigenvalue weighted by atomic mass is 10.0. The van der Waals surface area contributed by atoms with Crippen LogP contribution in [0, 0.1) is 11.6 Å². The van der Waals surface area contributed by atoms with Gasteiger partial charge in [-0.1, -0.05) is 13.0 Å². The van der Waals surface area contributed by atoms with E-state index in [0.29, 0.717) is 12.8 Å². The summed E-state index contributed by atoms with van der Waals surface area (Å²) in [6, 6.07) is 3.97. The zero-order valence-corrected chi connectivity index (χ0v) is 11.5. The summed E-state index contributed by atoms with van der Waals surface area (Å²) in [4.78, 5) is 4.22. The average molecular weight is 282 g/mol. The molecule has 0 amide bonds. The lowest BCUT2D eigenvalue weighted by molar-refractivity contribution is 0.483. The minimum atomic E-state index is -0.484. The molecule has 0 saturated carbocycles. The molecule has 1 atom stereocenters. The van der Waals surface area contributed by atoms with Gasteiger partial charge in [-0.2, -0.15) is 0 Å². The van der Waals surface area contributed by atoms with E-state index in [1.54, 1.807) is 17.5 Å². The Kier molecular flexibility index (Phi) is 4.99. The van der Waals surface area contributed by atoms with Crippen LogP contribution in [0.1, 0.15) is 17.5 Å². The molecule has 0 aliphatic heterocycles. The fourth-order valence-corrected chi connectivity index (χ4v) is 2.74. The largest absolute Gasteiger partial charge is 0.314 e. The van der Waals surface area contributed by atoms with Crippen LogP contribution in [0.5, 0.6) is 0 Å². The second-order valence-electron chi connectivity index (χ2n) is 4.29. The van der Waals surface area contributed by atoms with Gasteiger partial charge in [0.1, 0.15) is 11.6 Å². The zero-order chi connectivity index (χ0) is 13.7. The first-order valence-corrected chi connectivity index (χ1v) is 7.13. The molecule has 2 aromatic rings. The summed E-state index contributed by atoms with van der Waals surface area (Å²) in [5.41, 5.74) is 0.144. The van der Waals surface area contributed by atoms with Gasteiger partial charge >= 0.3 is 0 Å². The summed E-state index contributed by atoms with van der Waals surface area (Å²) < 4.78 is 27.3. The Hall–Kier alpha value is -1.33. The molecule has 1 unspecified atom stereocenters. The molecule has 19 heavy (non-hydrogen) atoms. The molecule has 5 heteroatoms. The van der Waals surface area contributed by atoms with Crippen molar-refractivity contribution in [2.75, 3.05) is 6.54 Å². The Morgan fingerprint density at radius 3 is 2.58 bits per heavy atom. The van der Waals surface area contributed by atoms with Crippen molar-refractivity contribution in [3.63, 3.8) is 0 Å². The van der Waals surface area contributed by atoms with Crippen molar-refractivity contribution in [3.8, 4) is 0 Å². The lowest BCUT2D eigenvalue weighted by Gasteiger charge is -2.17. The summed E-state index contributed by atoms with van der Waals surface area (Å²) in [5.74, 6) is -0.968. The summed E-state index contributed by atoms with van der Waals surface area (Å²) in [6.45, 7) is 2.73. The minimum Gasteiger partial charge on any atom is -0.314 e. The Balaban J connectivity index is 2.12. The van der Waals surface area contributed by atoms with E-state index in [4.69, 9.17) is 0 Å². The summed E-state index contributed by atoms with van der Waals surface area (Å²) in [6.07, 6.45) is 2.75. The van der Waals surface area contributed by atoms with E-state index in [-0.39, 0.29) is 11.6 Å². The van der Waals surface area contributed by atoms with E-state index >= 15 is 0 Å². The van der Waals surface area contributed by atoms with Gasteiger partial charge in [0.25, 0.3) is 0 Å². The van der Waals surface area contributed by atoms with Gasteiger partial charge in [-0.05, 0) is 25.1 Å². The minimum absolute atomic E-state index is 0.0115. The zero-order valence-electron chi connectivity index (χ0n) is 10.7. The molecule has 1 aromatic carbocycles. The fourth-order valence-electron chi connectivity index (χ4n) is 2.04. The van der Waals surface area contributed by atoms with Crippen LogP contribution >= 0.6 is 11.3 Å². The summed E-state index contributed by atoms with van der Waals surface area (Å²) in [7, 11) is 0. The third kappa shape index (κ3) is 3.81. The van der Waals surface area contributed by atoms with Crippen molar-refractivity contribution in [2.24, 2.45) is 0 Å². The first-order chi connectivity index (χ1) is 9.20. The number of aromatic nitrogens is 1. The predicted molar refractivity (Wildman–Crippen MR) is 73.3 cm³/mol. The van der Waals surface area contributed by atoms with Gasteiger partial charge in [-0.3, -0.25) is 0 Å². The molecule has 102 valence electrons. The van der Waals surface area contributed by atoms with Crippen LogP contribution in [0.15, 0.2) is 29.8 Å². The third-order valence-electron chi connectivity index (χ3n) is 2.91. The maximum Gasteiger partial charge on any atom is 0.129 e. The smallest absolute Gasteiger partial charge is 0.129 e. The number of hydrogen-bond acceptors (Lipinski definition) is 3. The second kappa shape index (κ2) is 6.73. The Labute approximate surface area is 115 Å². The quantitative estimate of drug-likeness (QED) is 0.880. The number of nitrogens with one attached hydrogen (secondary N) is 1. The van der Waals surface area contributed by atoms with E-state index in [1.807, 2.05) is 12.3 Å². The Bertz CT molecular complexity index is 494. The molecule has 1 heterocycles. The predicted octanol–water partition coefficient (Wildman–Crippen LogP) is 3.18. The van der Waals surface area contributed by atoms with Crippen LogP contribution in [-0.4, -0.2) is 17.6 Å². The number of nitrogens with zero attached hydrogens (tertiary/aromatic N) is 1. The molecule has 0 aliphatic rings. The van der Waals surface area contributed by atoms with Crippen LogP contribution in [0.2, 0.25) is 0 Å². The van der Waals surface area contributed by atoms with Gasteiger partial charge in [0.2, 0.25) is 0 Å². The molecule has 0 fully saturated rings. The van der Waals surface area contributed by atoms with Crippen molar-refractivity contribution < 1.29 is 8.78 Å². The lowest BCUT2D eigenvalue weighted by Crippen LogP contribution is -2.33. The van der Waals surface area contributed by atoms with Gasteiger partial charge in [0.15, 0.2) is 0 Å². The molecule has 1 N–H and O–H groups in total.